The Hall–Kier alpha value is -2.42. The van der Waals surface area contributed by atoms with Gasteiger partial charge in [-0.15, -0.1) is 11.3 Å². The molecule has 0 unspecified atom stereocenters. The number of aryl methyl sites for hydroxylation is 1. The lowest BCUT2D eigenvalue weighted by Crippen LogP contribution is -2.54. The first kappa shape index (κ1) is 15.0. The summed E-state index contributed by atoms with van der Waals surface area (Å²) in [6, 6.07) is -0.679. The van der Waals surface area contributed by atoms with Gasteiger partial charge in [-0.3, -0.25) is 20.2 Å². The standard InChI is InChI=1S/C12H13N3O5S/c1-5-6(2)21-10(9(5)11(18)19)14-12(20)15-3-7(16)13-8(17)4-15/h3-4H2,1-2H3,(H,14,20)(H,18,19)(H,13,16,17). The number of carboxylic acids is 1. The topological polar surface area (TPSA) is 116 Å². The highest BCUT2D eigenvalue weighted by atomic mass is 32.1. The van der Waals surface area contributed by atoms with Crippen LogP contribution in [0.15, 0.2) is 0 Å². The van der Waals surface area contributed by atoms with E-state index in [0.717, 1.165) is 21.1 Å². The van der Waals surface area contributed by atoms with Gasteiger partial charge in [0, 0.05) is 4.88 Å². The number of carbonyl (C=O) groups excluding carboxylic acids is 3. The van der Waals surface area contributed by atoms with Crippen LogP contribution in [-0.4, -0.2) is 46.9 Å². The van der Waals surface area contributed by atoms with Crippen molar-refractivity contribution in [3.05, 3.63) is 16.0 Å². The molecule has 112 valence electrons. The van der Waals surface area contributed by atoms with Crippen LogP contribution < -0.4 is 10.6 Å². The molecule has 1 aromatic rings. The predicted molar refractivity (Wildman–Crippen MR) is 74.5 cm³/mol. The van der Waals surface area contributed by atoms with Gasteiger partial charge in [-0.05, 0) is 19.4 Å². The Balaban J connectivity index is 2.20. The normalized spacial score (nSPS) is 14.9. The van der Waals surface area contributed by atoms with E-state index in [1.54, 1.807) is 13.8 Å². The lowest BCUT2D eigenvalue weighted by Gasteiger charge is -2.25. The number of urea groups is 1. The van der Waals surface area contributed by atoms with Crippen molar-refractivity contribution >= 4 is 40.2 Å². The minimum atomic E-state index is -1.14. The number of carboxylic acid groups (broad SMARTS) is 1. The molecule has 0 atom stereocenters. The fourth-order valence-electron chi connectivity index (χ4n) is 1.93. The number of imide groups is 1. The molecule has 2 heterocycles. The van der Waals surface area contributed by atoms with Gasteiger partial charge >= 0.3 is 12.0 Å². The molecule has 1 aliphatic heterocycles. The number of hydrogen-bond acceptors (Lipinski definition) is 5. The van der Waals surface area contributed by atoms with Crippen LogP contribution in [0, 0.1) is 13.8 Å². The quantitative estimate of drug-likeness (QED) is 0.690. The van der Waals surface area contributed by atoms with E-state index in [1.807, 2.05) is 0 Å². The summed E-state index contributed by atoms with van der Waals surface area (Å²) >= 11 is 1.14. The van der Waals surface area contributed by atoms with Crippen molar-refractivity contribution in [3.63, 3.8) is 0 Å². The summed E-state index contributed by atoms with van der Waals surface area (Å²) in [7, 11) is 0. The van der Waals surface area contributed by atoms with Crippen LogP contribution in [0.25, 0.3) is 0 Å². The Morgan fingerprint density at radius 3 is 2.33 bits per heavy atom. The summed E-state index contributed by atoms with van der Waals surface area (Å²) < 4.78 is 0. The molecule has 0 spiro atoms. The molecular formula is C12H13N3O5S. The van der Waals surface area contributed by atoms with Gasteiger partial charge in [-0.2, -0.15) is 0 Å². The van der Waals surface area contributed by atoms with Crippen LogP contribution in [0.5, 0.6) is 0 Å². The van der Waals surface area contributed by atoms with Gasteiger partial charge in [-0.25, -0.2) is 9.59 Å². The molecule has 3 N–H and O–H groups in total. The number of piperazine rings is 1. The van der Waals surface area contributed by atoms with E-state index >= 15 is 0 Å². The third-order valence-electron chi connectivity index (χ3n) is 3.05. The summed E-state index contributed by atoms with van der Waals surface area (Å²) in [5.41, 5.74) is 0.605. The van der Waals surface area contributed by atoms with Crippen molar-refractivity contribution in [3.8, 4) is 0 Å². The van der Waals surface area contributed by atoms with E-state index in [2.05, 4.69) is 10.6 Å². The second kappa shape index (κ2) is 5.52. The number of nitrogens with zero attached hydrogens (tertiary/aromatic N) is 1. The van der Waals surface area contributed by atoms with E-state index in [0.29, 0.717) is 5.56 Å². The number of hydrogen-bond donors (Lipinski definition) is 3. The van der Waals surface area contributed by atoms with Crippen LogP contribution in [0.4, 0.5) is 9.80 Å². The first-order valence-corrected chi connectivity index (χ1v) is 6.83. The molecule has 0 aromatic carbocycles. The predicted octanol–water partition coefficient (Wildman–Crippen LogP) is 0.553. The molecule has 9 heteroatoms. The van der Waals surface area contributed by atoms with Crippen molar-refractivity contribution in [2.24, 2.45) is 0 Å². The third-order valence-corrected chi connectivity index (χ3v) is 4.18. The van der Waals surface area contributed by atoms with Crippen molar-refractivity contribution in [1.82, 2.24) is 10.2 Å². The average Bonchev–Trinajstić information content (AvgIpc) is 2.63. The van der Waals surface area contributed by atoms with Gasteiger partial charge in [0.1, 0.15) is 18.1 Å². The summed E-state index contributed by atoms with van der Waals surface area (Å²) in [6.45, 7) is 2.91. The summed E-state index contributed by atoms with van der Waals surface area (Å²) in [6.07, 6.45) is 0. The molecule has 0 radical (unpaired) electrons. The highest BCUT2D eigenvalue weighted by molar-refractivity contribution is 7.16. The molecule has 0 aliphatic carbocycles. The first-order valence-electron chi connectivity index (χ1n) is 6.01. The fourth-order valence-corrected chi connectivity index (χ4v) is 2.97. The van der Waals surface area contributed by atoms with Gasteiger partial charge in [0.25, 0.3) is 0 Å². The van der Waals surface area contributed by atoms with Crippen molar-refractivity contribution < 1.29 is 24.3 Å². The summed E-state index contributed by atoms with van der Waals surface area (Å²) in [4.78, 5) is 47.5. The summed E-state index contributed by atoms with van der Waals surface area (Å²) in [5, 5.41) is 13.9. The monoisotopic (exact) mass is 311 g/mol. The van der Waals surface area contributed by atoms with Crippen LogP contribution in [0.1, 0.15) is 20.8 Å². The van der Waals surface area contributed by atoms with E-state index in [4.69, 9.17) is 0 Å². The number of anilines is 1. The van der Waals surface area contributed by atoms with Crippen molar-refractivity contribution in [2.75, 3.05) is 18.4 Å². The van der Waals surface area contributed by atoms with E-state index < -0.39 is 23.8 Å². The smallest absolute Gasteiger partial charge is 0.338 e. The Bertz CT molecular complexity index is 636. The molecule has 0 bridgehead atoms. The molecule has 0 saturated carbocycles. The molecule has 2 rings (SSSR count). The maximum absolute atomic E-state index is 12.1. The number of thiophene rings is 1. The van der Waals surface area contributed by atoms with Crippen molar-refractivity contribution in [2.45, 2.75) is 13.8 Å². The maximum Gasteiger partial charge on any atom is 0.338 e. The zero-order chi connectivity index (χ0) is 15.7. The fraction of sp³-hybridized carbons (Fsp3) is 0.333. The number of nitrogens with one attached hydrogen (secondary N) is 2. The van der Waals surface area contributed by atoms with Crippen LogP contribution >= 0.6 is 11.3 Å². The lowest BCUT2D eigenvalue weighted by atomic mass is 10.1. The molecule has 1 aliphatic rings. The second-order valence-corrected chi connectivity index (χ2v) is 5.77. The molecule has 1 aromatic heterocycles. The minimum Gasteiger partial charge on any atom is -0.478 e. The van der Waals surface area contributed by atoms with E-state index in [9.17, 15) is 24.3 Å². The summed E-state index contributed by atoms with van der Waals surface area (Å²) in [5.74, 6) is -2.28. The Labute approximate surface area is 123 Å². The molecule has 1 saturated heterocycles. The lowest BCUT2D eigenvalue weighted by molar-refractivity contribution is -0.134. The zero-order valence-electron chi connectivity index (χ0n) is 11.3. The third kappa shape index (κ3) is 3.02. The SMILES string of the molecule is Cc1sc(NC(=O)N2CC(=O)NC(=O)C2)c(C(=O)O)c1C. The molecule has 1 fully saturated rings. The average molecular weight is 311 g/mol. The maximum atomic E-state index is 12.1. The van der Waals surface area contributed by atoms with E-state index in [-0.39, 0.29) is 23.7 Å². The molecule has 21 heavy (non-hydrogen) atoms. The highest BCUT2D eigenvalue weighted by Crippen LogP contribution is 2.32. The Morgan fingerprint density at radius 2 is 1.81 bits per heavy atom. The van der Waals surface area contributed by atoms with Crippen molar-refractivity contribution in [1.29, 1.82) is 0 Å². The van der Waals surface area contributed by atoms with Gasteiger partial charge in [-0.1, -0.05) is 0 Å². The van der Waals surface area contributed by atoms with Gasteiger partial charge in [0.05, 0.1) is 5.56 Å². The second-order valence-electron chi connectivity index (χ2n) is 4.55. The van der Waals surface area contributed by atoms with Gasteiger partial charge in [0.2, 0.25) is 11.8 Å². The Kier molecular flexibility index (Phi) is 3.94. The van der Waals surface area contributed by atoms with Gasteiger partial charge in [0.15, 0.2) is 0 Å². The highest BCUT2D eigenvalue weighted by Gasteiger charge is 2.28. The largest absolute Gasteiger partial charge is 0.478 e. The van der Waals surface area contributed by atoms with E-state index in [1.165, 1.54) is 0 Å². The van der Waals surface area contributed by atoms with Crippen LogP contribution in [0.2, 0.25) is 0 Å². The van der Waals surface area contributed by atoms with Gasteiger partial charge < -0.3 is 10.0 Å². The number of amides is 4. The first-order chi connectivity index (χ1) is 9.79. The number of rotatable bonds is 2. The Morgan fingerprint density at radius 1 is 1.24 bits per heavy atom. The molecular weight excluding hydrogens is 298 g/mol. The minimum absolute atomic E-state index is 0.0265. The van der Waals surface area contributed by atoms with Crippen LogP contribution in [-0.2, 0) is 9.59 Å². The zero-order valence-corrected chi connectivity index (χ0v) is 12.2. The van der Waals surface area contributed by atoms with Crippen LogP contribution in [0.3, 0.4) is 0 Å². The number of aromatic carboxylic acids is 1. The molecule has 8 nitrogen and oxygen atoms in total. The number of carbonyl (C=O) groups is 4. The molecule has 4 amide bonds.